The monoisotopic (exact) mass is 405 g/mol. The number of nitrogens with one attached hydrogen (secondary N) is 1. The van der Waals surface area contributed by atoms with Gasteiger partial charge in [-0.25, -0.2) is 4.57 Å². The Morgan fingerprint density at radius 3 is 2.66 bits per heavy atom. The quantitative estimate of drug-likeness (QED) is 0.517. The van der Waals surface area contributed by atoms with E-state index < -0.39 is 0 Å². The van der Waals surface area contributed by atoms with Crippen LogP contribution in [0.3, 0.4) is 0 Å². The van der Waals surface area contributed by atoms with Gasteiger partial charge in [0.15, 0.2) is 5.16 Å². The van der Waals surface area contributed by atoms with Gasteiger partial charge in [-0.05, 0) is 44.0 Å². The summed E-state index contributed by atoms with van der Waals surface area (Å²) in [5.41, 5.74) is 2.42. The first kappa shape index (κ1) is 17.9. The average molecular weight is 405 g/mol. The largest absolute Gasteiger partial charge is 0.353 e. The minimum absolute atomic E-state index is 0.00888. The van der Waals surface area contributed by atoms with Crippen molar-refractivity contribution in [3.8, 4) is 5.69 Å². The number of para-hydroxylation sites is 1. The topological polar surface area (TPSA) is 81.3 Å². The van der Waals surface area contributed by atoms with Gasteiger partial charge in [-0.2, -0.15) is 0 Å². The van der Waals surface area contributed by atoms with E-state index in [2.05, 4.69) is 15.5 Å². The van der Waals surface area contributed by atoms with E-state index in [-0.39, 0.29) is 17.2 Å². The Bertz CT molecular complexity index is 1290. The van der Waals surface area contributed by atoms with Crippen molar-refractivity contribution < 1.29 is 4.79 Å². The number of aromatic nitrogens is 4. The first-order chi connectivity index (χ1) is 14.1. The van der Waals surface area contributed by atoms with Crippen LogP contribution in [0.5, 0.6) is 0 Å². The fourth-order valence-electron chi connectivity index (χ4n) is 3.33. The van der Waals surface area contributed by atoms with E-state index in [1.165, 1.54) is 11.8 Å². The molecule has 2 aromatic carbocycles. The molecule has 1 amide bonds. The number of fused-ring (bicyclic) bond motifs is 3. The van der Waals surface area contributed by atoms with Gasteiger partial charge >= 0.3 is 0 Å². The molecule has 0 atom stereocenters. The van der Waals surface area contributed by atoms with Crippen molar-refractivity contribution in [2.24, 2.45) is 0 Å². The highest BCUT2D eigenvalue weighted by Gasteiger charge is 2.24. The highest BCUT2D eigenvalue weighted by molar-refractivity contribution is 7.99. The van der Waals surface area contributed by atoms with E-state index in [0.29, 0.717) is 22.4 Å². The van der Waals surface area contributed by atoms with E-state index in [1.54, 1.807) is 10.6 Å². The Balaban J connectivity index is 1.66. The average Bonchev–Trinajstić information content (AvgIpc) is 3.44. The first-order valence-corrected chi connectivity index (χ1v) is 10.5. The SMILES string of the molecule is Cc1ccc(-n2c(=O)c3ccccc3n3c(SCC(=O)NC4CC4)nnc23)cc1. The van der Waals surface area contributed by atoms with Crippen LogP contribution >= 0.6 is 11.8 Å². The third-order valence-corrected chi connectivity index (χ3v) is 5.89. The molecule has 29 heavy (non-hydrogen) atoms. The molecule has 146 valence electrons. The maximum absolute atomic E-state index is 13.2. The molecule has 0 spiro atoms. The number of amides is 1. The van der Waals surface area contributed by atoms with Crippen LogP contribution in [0.15, 0.2) is 58.5 Å². The van der Waals surface area contributed by atoms with Crippen LogP contribution in [0.25, 0.3) is 22.4 Å². The predicted molar refractivity (Wildman–Crippen MR) is 113 cm³/mol. The lowest BCUT2D eigenvalue weighted by Crippen LogP contribution is -2.27. The maximum atomic E-state index is 13.2. The maximum Gasteiger partial charge on any atom is 0.267 e. The normalized spacial score (nSPS) is 13.8. The molecule has 7 nitrogen and oxygen atoms in total. The lowest BCUT2D eigenvalue weighted by atomic mass is 10.2. The molecule has 5 rings (SSSR count). The second-order valence-corrected chi connectivity index (χ2v) is 8.18. The fourth-order valence-corrected chi connectivity index (χ4v) is 4.08. The van der Waals surface area contributed by atoms with Gasteiger partial charge in [0.2, 0.25) is 11.7 Å². The smallest absolute Gasteiger partial charge is 0.267 e. The first-order valence-electron chi connectivity index (χ1n) is 9.50. The van der Waals surface area contributed by atoms with Crippen LogP contribution in [-0.2, 0) is 4.79 Å². The molecular formula is C21H19N5O2S. The molecule has 2 aromatic heterocycles. The summed E-state index contributed by atoms with van der Waals surface area (Å²) in [4.78, 5) is 25.4. The second kappa shape index (κ2) is 7.04. The van der Waals surface area contributed by atoms with Crippen molar-refractivity contribution in [3.63, 3.8) is 0 Å². The zero-order valence-electron chi connectivity index (χ0n) is 15.8. The number of benzene rings is 2. The van der Waals surface area contributed by atoms with Crippen LogP contribution < -0.4 is 10.9 Å². The highest BCUT2D eigenvalue weighted by Crippen LogP contribution is 2.24. The number of carbonyl (C=O) groups excluding carboxylic acids is 1. The van der Waals surface area contributed by atoms with E-state index in [0.717, 1.165) is 29.6 Å². The summed E-state index contributed by atoms with van der Waals surface area (Å²) in [6.45, 7) is 2.00. The van der Waals surface area contributed by atoms with Crippen LogP contribution in [-0.4, -0.2) is 36.9 Å². The Hall–Kier alpha value is -3.13. The molecule has 1 saturated carbocycles. The Kier molecular flexibility index (Phi) is 4.35. The van der Waals surface area contributed by atoms with Crippen molar-refractivity contribution in [1.82, 2.24) is 24.5 Å². The minimum atomic E-state index is -0.146. The Morgan fingerprint density at radius 2 is 1.90 bits per heavy atom. The number of hydrogen-bond acceptors (Lipinski definition) is 5. The molecule has 0 radical (unpaired) electrons. The number of hydrogen-bond donors (Lipinski definition) is 1. The number of nitrogens with zero attached hydrogens (tertiary/aromatic N) is 4. The van der Waals surface area contributed by atoms with Crippen LogP contribution in [0.4, 0.5) is 0 Å². The Morgan fingerprint density at radius 1 is 1.14 bits per heavy atom. The molecule has 0 unspecified atom stereocenters. The lowest BCUT2D eigenvalue weighted by molar-refractivity contribution is -0.118. The van der Waals surface area contributed by atoms with Crippen molar-refractivity contribution in [3.05, 3.63) is 64.4 Å². The Labute approximate surface area is 170 Å². The number of aryl methyl sites for hydroxylation is 1. The van der Waals surface area contributed by atoms with Crippen molar-refractivity contribution in [2.75, 3.05) is 5.75 Å². The third-order valence-electron chi connectivity index (χ3n) is 4.96. The standard InChI is InChI=1S/C21H19N5O2S/c1-13-6-10-15(11-7-13)25-19(28)16-4-2-3-5-17(16)26-20(25)23-24-21(26)29-12-18(27)22-14-8-9-14/h2-7,10-11,14H,8-9,12H2,1H3,(H,22,27). The summed E-state index contributed by atoms with van der Waals surface area (Å²) in [5, 5.41) is 12.7. The van der Waals surface area contributed by atoms with Gasteiger partial charge in [0.05, 0.1) is 22.3 Å². The molecule has 0 bridgehead atoms. The van der Waals surface area contributed by atoms with Gasteiger partial charge in [0, 0.05) is 6.04 Å². The zero-order chi connectivity index (χ0) is 20.0. The van der Waals surface area contributed by atoms with Crippen molar-refractivity contribution in [1.29, 1.82) is 0 Å². The summed E-state index contributed by atoms with van der Waals surface area (Å²) < 4.78 is 3.43. The second-order valence-electron chi connectivity index (χ2n) is 7.24. The number of carbonyl (C=O) groups is 1. The summed E-state index contributed by atoms with van der Waals surface area (Å²) in [6.07, 6.45) is 2.11. The lowest BCUT2D eigenvalue weighted by Gasteiger charge is -2.11. The minimum Gasteiger partial charge on any atom is -0.353 e. The van der Waals surface area contributed by atoms with E-state index >= 15 is 0 Å². The van der Waals surface area contributed by atoms with Gasteiger partial charge in [-0.1, -0.05) is 41.6 Å². The molecule has 2 heterocycles. The predicted octanol–water partition coefficient (Wildman–Crippen LogP) is 2.71. The van der Waals surface area contributed by atoms with Crippen LogP contribution in [0.1, 0.15) is 18.4 Å². The molecule has 8 heteroatoms. The third kappa shape index (κ3) is 3.29. The number of thioether (sulfide) groups is 1. The fraction of sp³-hybridized carbons (Fsp3) is 0.238. The van der Waals surface area contributed by atoms with Crippen LogP contribution in [0.2, 0.25) is 0 Å². The van der Waals surface area contributed by atoms with Gasteiger partial charge in [-0.3, -0.25) is 14.0 Å². The summed E-state index contributed by atoms with van der Waals surface area (Å²) in [5.74, 6) is 0.683. The molecule has 0 aliphatic heterocycles. The molecule has 1 N–H and O–H groups in total. The van der Waals surface area contributed by atoms with E-state index in [9.17, 15) is 9.59 Å². The van der Waals surface area contributed by atoms with E-state index in [4.69, 9.17) is 0 Å². The van der Waals surface area contributed by atoms with Gasteiger partial charge in [0.25, 0.3) is 5.56 Å². The van der Waals surface area contributed by atoms with Crippen molar-refractivity contribution in [2.45, 2.75) is 31.0 Å². The number of rotatable bonds is 5. The summed E-state index contributed by atoms with van der Waals surface area (Å²) in [6, 6.07) is 15.4. The zero-order valence-corrected chi connectivity index (χ0v) is 16.6. The van der Waals surface area contributed by atoms with Crippen LogP contribution in [0, 0.1) is 6.92 Å². The molecule has 1 fully saturated rings. The highest BCUT2D eigenvalue weighted by atomic mass is 32.2. The molecule has 0 saturated heterocycles. The molecule has 1 aliphatic rings. The molecule has 1 aliphatic carbocycles. The molecular weight excluding hydrogens is 386 g/mol. The van der Waals surface area contributed by atoms with Crippen molar-refractivity contribution >= 4 is 34.3 Å². The molecule has 4 aromatic rings. The van der Waals surface area contributed by atoms with Gasteiger partial charge in [0.1, 0.15) is 0 Å². The van der Waals surface area contributed by atoms with Gasteiger partial charge < -0.3 is 5.32 Å². The van der Waals surface area contributed by atoms with E-state index in [1.807, 2.05) is 53.8 Å². The summed E-state index contributed by atoms with van der Waals surface area (Å²) in [7, 11) is 0. The summed E-state index contributed by atoms with van der Waals surface area (Å²) >= 11 is 1.32. The van der Waals surface area contributed by atoms with Gasteiger partial charge in [-0.15, -0.1) is 10.2 Å².